The second kappa shape index (κ2) is 4.18. The molecule has 0 atom stereocenters. The molecule has 5 heteroatoms. The summed E-state index contributed by atoms with van der Waals surface area (Å²) in [6.07, 6.45) is 0. The van der Waals surface area contributed by atoms with Crippen LogP contribution in [0.4, 0.5) is 0 Å². The van der Waals surface area contributed by atoms with Gasteiger partial charge in [0.05, 0.1) is 5.56 Å². The maximum absolute atomic E-state index is 11.2. The van der Waals surface area contributed by atoms with E-state index in [1.165, 1.54) is 18.2 Å². The predicted octanol–water partition coefficient (Wildman–Crippen LogP) is 3.03. The van der Waals surface area contributed by atoms with Gasteiger partial charge in [0, 0.05) is 5.02 Å². The summed E-state index contributed by atoms with van der Waals surface area (Å²) in [5, 5.41) is 9.60. The predicted molar refractivity (Wildman–Crippen MR) is 52.9 cm³/mol. The van der Waals surface area contributed by atoms with Gasteiger partial charge in [-0.15, -0.1) is 0 Å². The maximum Gasteiger partial charge on any atom is 0.199 e. The van der Waals surface area contributed by atoms with Crippen LogP contribution in [0.2, 0.25) is 5.02 Å². The molecule has 1 aromatic carbocycles. The lowest BCUT2D eigenvalue weighted by Crippen LogP contribution is -2.08. The van der Waals surface area contributed by atoms with Crippen molar-refractivity contribution in [2.45, 2.75) is 4.84 Å². The van der Waals surface area contributed by atoms with Crippen LogP contribution >= 0.6 is 34.8 Å². The average molecular weight is 239 g/mol. The smallest absolute Gasteiger partial charge is 0.199 e. The van der Waals surface area contributed by atoms with Gasteiger partial charge >= 0.3 is 0 Å². The summed E-state index contributed by atoms with van der Waals surface area (Å²) in [5.41, 5.74) is 0.0301. The first-order valence-electron chi connectivity index (χ1n) is 3.33. The van der Waals surface area contributed by atoms with Crippen molar-refractivity contribution in [1.29, 1.82) is 0 Å². The van der Waals surface area contributed by atoms with Crippen LogP contribution in [0, 0.1) is 0 Å². The lowest BCUT2D eigenvalue weighted by atomic mass is 10.1. The Labute approximate surface area is 90.0 Å². The number of aromatic hydroxyl groups is 1. The summed E-state index contributed by atoms with van der Waals surface area (Å²) >= 11 is 16.3. The fourth-order valence-corrected chi connectivity index (χ4v) is 1.23. The molecule has 0 radical (unpaired) electrons. The van der Waals surface area contributed by atoms with Crippen LogP contribution in [0.5, 0.6) is 5.75 Å². The standard InChI is InChI=1S/C8H5Cl3O2/c9-4-1-2-6(12)5(3-4)7(13)8(10)11/h1-3,8,12H. The summed E-state index contributed by atoms with van der Waals surface area (Å²) in [4.78, 5) is 10.0. The number of rotatable bonds is 2. The topological polar surface area (TPSA) is 37.3 Å². The van der Waals surface area contributed by atoms with E-state index in [2.05, 4.69) is 0 Å². The number of hydrogen-bond donors (Lipinski definition) is 1. The highest BCUT2D eigenvalue weighted by Gasteiger charge is 2.18. The third kappa shape index (κ3) is 2.50. The zero-order valence-corrected chi connectivity index (χ0v) is 8.57. The van der Waals surface area contributed by atoms with Crippen molar-refractivity contribution in [3.05, 3.63) is 28.8 Å². The van der Waals surface area contributed by atoms with E-state index in [1.807, 2.05) is 0 Å². The van der Waals surface area contributed by atoms with Gasteiger partial charge < -0.3 is 5.11 Å². The molecule has 0 aliphatic carbocycles. The highest BCUT2D eigenvalue weighted by Crippen LogP contribution is 2.24. The van der Waals surface area contributed by atoms with E-state index >= 15 is 0 Å². The molecule has 1 rings (SSSR count). The largest absolute Gasteiger partial charge is 0.507 e. The molecule has 0 amide bonds. The number of phenols is 1. The number of ketones is 1. The molecule has 13 heavy (non-hydrogen) atoms. The molecular weight excluding hydrogens is 234 g/mol. The van der Waals surface area contributed by atoms with Crippen molar-refractivity contribution in [2.75, 3.05) is 0 Å². The second-order valence-electron chi connectivity index (χ2n) is 2.33. The summed E-state index contributed by atoms with van der Waals surface area (Å²) in [5.74, 6) is -0.746. The number of alkyl halides is 2. The molecular formula is C8H5Cl3O2. The van der Waals surface area contributed by atoms with Gasteiger partial charge in [-0.3, -0.25) is 4.79 Å². The average Bonchev–Trinajstić information content (AvgIpc) is 2.08. The van der Waals surface area contributed by atoms with Crippen molar-refractivity contribution < 1.29 is 9.90 Å². The van der Waals surface area contributed by atoms with E-state index in [0.29, 0.717) is 5.02 Å². The first-order chi connectivity index (χ1) is 6.02. The molecule has 0 heterocycles. The van der Waals surface area contributed by atoms with Crippen LogP contribution in [0.1, 0.15) is 10.4 Å². The molecule has 0 spiro atoms. The van der Waals surface area contributed by atoms with Crippen LogP contribution in [0.3, 0.4) is 0 Å². The van der Waals surface area contributed by atoms with E-state index < -0.39 is 10.6 Å². The van der Waals surface area contributed by atoms with E-state index in [4.69, 9.17) is 34.8 Å². The van der Waals surface area contributed by atoms with E-state index in [1.54, 1.807) is 0 Å². The summed E-state index contributed by atoms with van der Waals surface area (Å²) < 4.78 is 0. The van der Waals surface area contributed by atoms with E-state index in [0.717, 1.165) is 0 Å². The van der Waals surface area contributed by atoms with E-state index in [9.17, 15) is 9.90 Å². The molecule has 0 saturated carbocycles. The van der Waals surface area contributed by atoms with Crippen LogP contribution in [-0.2, 0) is 0 Å². The molecule has 70 valence electrons. The Balaban J connectivity index is 3.13. The molecule has 1 N–H and O–H groups in total. The van der Waals surface area contributed by atoms with Crippen molar-refractivity contribution in [1.82, 2.24) is 0 Å². The van der Waals surface area contributed by atoms with Gasteiger partial charge in [-0.1, -0.05) is 34.8 Å². The Morgan fingerprint density at radius 1 is 1.38 bits per heavy atom. The highest BCUT2D eigenvalue weighted by molar-refractivity contribution is 6.55. The van der Waals surface area contributed by atoms with Gasteiger partial charge in [0.2, 0.25) is 0 Å². The van der Waals surface area contributed by atoms with Crippen molar-refractivity contribution in [2.24, 2.45) is 0 Å². The number of phenolic OH excluding ortho intramolecular Hbond substituents is 1. The minimum atomic E-state index is -1.19. The number of halogens is 3. The van der Waals surface area contributed by atoms with Gasteiger partial charge in [-0.05, 0) is 18.2 Å². The SMILES string of the molecule is O=C(c1cc(Cl)ccc1O)C(Cl)Cl. The molecule has 0 aromatic heterocycles. The molecule has 0 aliphatic rings. The minimum absolute atomic E-state index is 0.0301. The Morgan fingerprint density at radius 3 is 2.54 bits per heavy atom. The third-order valence-electron chi connectivity index (χ3n) is 1.42. The van der Waals surface area contributed by atoms with Gasteiger partial charge in [0.15, 0.2) is 10.6 Å². The zero-order chi connectivity index (χ0) is 10.0. The third-order valence-corrected chi connectivity index (χ3v) is 2.05. The lowest BCUT2D eigenvalue weighted by Gasteiger charge is -2.03. The van der Waals surface area contributed by atoms with Crippen molar-refractivity contribution >= 4 is 40.6 Å². The van der Waals surface area contributed by atoms with Gasteiger partial charge in [-0.2, -0.15) is 0 Å². The van der Waals surface area contributed by atoms with Crippen LogP contribution in [0.15, 0.2) is 18.2 Å². The first kappa shape index (κ1) is 10.6. The quantitative estimate of drug-likeness (QED) is 0.636. The summed E-state index contributed by atoms with van der Waals surface area (Å²) in [6, 6.07) is 4.09. The van der Waals surface area contributed by atoms with Crippen LogP contribution in [-0.4, -0.2) is 15.7 Å². The summed E-state index contributed by atoms with van der Waals surface area (Å²) in [6.45, 7) is 0. The Morgan fingerprint density at radius 2 is 2.00 bits per heavy atom. The number of hydrogen-bond acceptors (Lipinski definition) is 2. The monoisotopic (exact) mass is 238 g/mol. The number of Topliss-reactive ketones (excluding diaryl/α,β-unsaturated/α-hetero) is 1. The van der Waals surface area contributed by atoms with E-state index in [-0.39, 0.29) is 11.3 Å². The fourth-order valence-electron chi connectivity index (χ4n) is 0.823. The molecule has 2 nitrogen and oxygen atoms in total. The van der Waals surface area contributed by atoms with Gasteiger partial charge in [0.25, 0.3) is 0 Å². The molecule has 0 unspecified atom stereocenters. The zero-order valence-electron chi connectivity index (χ0n) is 6.30. The normalized spacial score (nSPS) is 10.5. The fraction of sp³-hybridized carbons (Fsp3) is 0.125. The summed E-state index contributed by atoms with van der Waals surface area (Å²) in [7, 11) is 0. The van der Waals surface area contributed by atoms with Crippen molar-refractivity contribution in [3.63, 3.8) is 0 Å². The Bertz CT molecular complexity index is 336. The molecule has 0 aliphatic heterocycles. The molecule has 0 fully saturated rings. The van der Waals surface area contributed by atoms with Gasteiger partial charge in [-0.25, -0.2) is 0 Å². The molecule has 0 bridgehead atoms. The molecule has 1 aromatic rings. The van der Waals surface area contributed by atoms with Crippen LogP contribution in [0.25, 0.3) is 0 Å². The van der Waals surface area contributed by atoms with Gasteiger partial charge in [0.1, 0.15) is 5.75 Å². The number of benzene rings is 1. The highest BCUT2D eigenvalue weighted by atomic mass is 35.5. The Hall–Kier alpha value is -0.440. The second-order valence-corrected chi connectivity index (χ2v) is 3.86. The Kier molecular flexibility index (Phi) is 3.42. The number of carbonyl (C=O) groups is 1. The molecule has 0 saturated heterocycles. The lowest BCUT2D eigenvalue weighted by molar-refractivity contribution is 0.100. The number of carbonyl (C=O) groups excluding carboxylic acids is 1. The minimum Gasteiger partial charge on any atom is -0.507 e. The van der Waals surface area contributed by atoms with Crippen molar-refractivity contribution in [3.8, 4) is 5.75 Å². The maximum atomic E-state index is 11.2. The van der Waals surface area contributed by atoms with Crippen LogP contribution < -0.4 is 0 Å². The first-order valence-corrected chi connectivity index (χ1v) is 4.58.